The van der Waals surface area contributed by atoms with Crippen LogP contribution in [-0.2, 0) is 15.6 Å². The van der Waals surface area contributed by atoms with Crippen LogP contribution in [0, 0.1) is 0 Å². The first-order valence-electron chi connectivity index (χ1n) is 8.29. The van der Waals surface area contributed by atoms with Crippen LogP contribution in [0.15, 0.2) is 0 Å². The van der Waals surface area contributed by atoms with Gasteiger partial charge in [0.15, 0.2) is 0 Å². The lowest BCUT2D eigenvalue weighted by Crippen LogP contribution is -2.33. The summed E-state index contributed by atoms with van der Waals surface area (Å²) in [6, 6.07) is 0. The van der Waals surface area contributed by atoms with Gasteiger partial charge in [0, 0.05) is 16.6 Å². The third-order valence-electron chi connectivity index (χ3n) is 3.65. The van der Waals surface area contributed by atoms with Crippen molar-refractivity contribution in [3.05, 3.63) is 0 Å². The molecule has 2 atom stereocenters. The lowest BCUT2D eigenvalue weighted by molar-refractivity contribution is -0.117. The maximum Gasteiger partial charge on any atom is 0.233 e. The summed E-state index contributed by atoms with van der Waals surface area (Å²) in [4.78, 5) is 11.4. The monoisotopic (exact) mass is 303 g/mol. The first kappa shape index (κ1) is 19.6. The van der Waals surface area contributed by atoms with E-state index < -0.39 is 16.0 Å². The zero-order valence-electron chi connectivity index (χ0n) is 13.4. The Labute approximate surface area is 127 Å². The molecule has 0 radical (unpaired) electrons. The van der Waals surface area contributed by atoms with Gasteiger partial charge in [0.05, 0.1) is 0 Å². The van der Waals surface area contributed by atoms with Crippen molar-refractivity contribution in [2.75, 3.05) is 5.75 Å². The third-order valence-corrected chi connectivity index (χ3v) is 5.45. The standard InChI is InChI=1S/C16H33NO2S/c1-3-5-7-8-9-10-11-13-15(16(17)18)20(19)14-12-6-4-2/h15H,3-14H2,1-2H3,(H2,17,18). The van der Waals surface area contributed by atoms with E-state index in [2.05, 4.69) is 13.8 Å². The molecular weight excluding hydrogens is 270 g/mol. The summed E-state index contributed by atoms with van der Waals surface area (Å²) < 4.78 is 12.1. The summed E-state index contributed by atoms with van der Waals surface area (Å²) in [6.45, 7) is 4.33. The van der Waals surface area contributed by atoms with E-state index >= 15 is 0 Å². The minimum atomic E-state index is -1.07. The minimum Gasteiger partial charge on any atom is -0.369 e. The highest BCUT2D eigenvalue weighted by Crippen LogP contribution is 2.13. The van der Waals surface area contributed by atoms with Crippen molar-refractivity contribution in [3.63, 3.8) is 0 Å². The van der Waals surface area contributed by atoms with Crippen LogP contribution in [0.2, 0.25) is 0 Å². The Morgan fingerprint density at radius 1 is 0.900 bits per heavy atom. The molecule has 1 amide bonds. The van der Waals surface area contributed by atoms with Gasteiger partial charge in [-0.2, -0.15) is 0 Å². The van der Waals surface area contributed by atoms with Gasteiger partial charge in [-0.3, -0.25) is 9.00 Å². The minimum absolute atomic E-state index is 0.384. The Kier molecular flexibility index (Phi) is 13.3. The SMILES string of the molecule is CCCCCCCCCC(C(N)=O)S(=O)CCCCC. The van der Waals surface area contributed by atoms with Crippen molar-refractivity contribution >= 4 is 16.7 Å². The number of hydrogen-bond acceptors (Lipinski definition) is 2. The first-order chi connectivity index (χ1) is 9.63. The summed E-state index contributed by atoms with van der Waals surface area (Å²) in [5.41, 5.74) is 5.39. The maximum absolute atomic E-state index is 12.1. The van der Waals surface area contributed by atoms with E-state index in [0.717, 1.165) is 32.1 Å². The molecular formula is C16H33NO2S. The van der Waals surface area contributed by atoms with E-state index in [1.807, 2.05) is 0 Å². The number of carbonyl (C=O) groups is 1. The van der Waals surface area contributed by atoms with Crippen molar-refractivity contribution in [2.24, 2.45) is 5.73 Å². The van der Waals surface area contributed by atoms with Crippen LogP contribution in [0.3, 0.4) is 0 Å². The van der Waals surface area contributed by atoms with E-state index in [1.165, 1.54) is 32.1 Å². The molecule has 0 aromatic carbocycles. The van der Waals surface area contributed by atoms with Crippen LogP contribution in [0.5, 0.6) is 0 Å². The second-order valence-corrected chi connectivity index (χ2v) is 7.33. The largest absolute Gasteiger partial charge is 0.369 e. The van der Waals surface area contributed by atoms with Crippen molar-refractivity contribution in [1.29, 1.82) is 0 Å². The summed E-state index contributed by atoms with van der Waals surface area (Å²) in [5, 5.41) is -0.428. The van der Waals surface area contributed by atoms with Crippen LogP contribution in [-0.4, -0.2) is 21.1 Å². The van der Waals surface area contributed by atoms with Gasteiger partial charge in [-0.05, 0) is 12.8 Å². The summed E-state index contributed by atoms with van der Waals surface area (Å²) in [5.74, 6) is 0.239. The fraction of sp³-hybridized carbons (Fsp3) is 0.938. The second-order valence-electron chi connectivity index (χ2n) is 5.59. The van der Waals surface area contributed by atoms with Crippen LogP contribution in [0.25, 0.3) is 0 Å². The highest BCUT2D eigenvalue weighted by Gasteiger charge is 2.21. The topological polar surface area (TPSA) is 60.2 Å². The molecule has 0 aliphatic heterocycles. The molecule has 0 aromatic heterocycles. The van der Waals surface area contributed by atoms with E-state index in [0.29, 0.717) is 12.2 Å². The van der Waals surface area contributed by atoms with E-state index in [1.54, 1.807) is 0 Å². The first-order valence-corrected chi connectivity index (χ1v) is 9.68. The van der Waals surface area contributed by atoms with Gasteiger partial charge in [0.2, 0.25) is 5.91 Å². The summed E-state index contributed by atoms with van der Waals surface area (Å²) in [6.07, 6.45) is 12.3. The molecule has 2 unspecified atom stereocenters. The number of nitrogens with two attached hydrogens (primary N) is 1. The number of amides is 1. The zero-order valence-corrected chi connectivity index (χ0v) is 14.2. The Hall–Kier alpha value is -0.380. The Bertz CT molecular complexity index is 269. The van der Waals surface area contributed by atoms with Crippen molar-refractivity contribution in [3.8, 4) is 0 Å². The van der Waals surface area contributed by atoms with Crippen LogP contribution in [0.1, 0.15) is 84.5 Å². The van der Waals surface area contributed by atoms with Gasteiger partial charge in [-0.25, -0.2) is 0 Å². The quantitative estimate of drug-likeness (QED) is 0.494. The van der Waals surface area contributed by atoms with Gasteiger partial charge >= 0.3 is 0 Å². The fourth-order valence-corrected chi connectivity index (χ4v) is 3.79. The van der Waals surface area contributed by atoms with Crippen molar-refractivity contribution in [1.82, 2.24) is 0 Å². The second kappa shape index (κ2) is 13.6. The molecule has 120 valence electrons. The molecule has 3 nitrogen and oxygen atoms in total. The molecule has 0 aliphatic rings. The smallest absolute Gasteiger partial charge is 0.233 e. The molecule has 0 rings (SSSR count). The van der Waals surface area contributed by atoms with Crippen LogP contribution >= 0.6 is 0 Å². The maximum atomic E-state index is 12.1. The molecule has 0 fully saturated rings. The lowest BCUT2D eigenvalue weighted by Gasteiger charge is -2.13. The van der Waals surface area contributed by atoms with Crippen molar-refractivity contribution < 1.29 is 9.00 Å². The van der Waals surface area contributed by atoms with E-state index in [4.69, 9.17) is 5.73 Å². The number of carbonyl (C=O) groups excluding carboxylic acids is 1. The molecule has 0 saturated carbocycles. The average molecular weight is 304 g/mol. The van der Waals surface area contributed by atoms with Gasteiger partial charge in [-0.15, -0.1) is 0 Å². The Morgan fingerprint density at radius 3 is 1.95 bits per heavy atom. The lowest BCUT2D eigenvalue weighted by atomic mass is 10.1. The van der Waals surface area contributed by atoms with Gasteiger partial charge in [0.25, 0.3) is 0 Å². The third kappa shape index (κ3) is 10.4. The molecule has 20 heavy (non-hydrogen) atoms. The fourth-order valence-electron chi connectivity index (χ4n) is 2.33. The zero-order chi connectivity index (χ0) is 15.2. The number of primary amides is 1. The number of rotatable bonds is 14. The molecule has 0 bridgehead atoms. The van der Waals surface area contributed by atoms with Crippen molar-refractivity contribution in [2.45, 2.75) is 89.7 Å². The van der Waals surface area contributed by atoms with Gasteiger partial charge < -0.3 is 5.73 Å². The van der Waals surface area contributed by atoms with Crippen LogP contribution in [0.4, 0.5) is 0 Å². The average Bonchev–Trinajstić information content (AvgIpc) is 2.41. The molecule has 0 saturated heterocycles. The molecule has 4 heteroatoms. The Morgan fingerprint density at radius 2 is 1.40 bits per heavy atom. The summed E-state index contributed by atoms with van der Waals surface area (Å²) in [7, 11) is -1.07. The van der Waals surface area contributed by atoms with E-state index in [-0.39, 0.29) is 5.91 Å². The molecule has 2 N–H and O–H groups in total. The van der Waals surface area contributed by atoms with Crippen LogP contribution < -0.4 is 5.73 Å². The number of hydrogen-bond donors (Lipinski definition) is 1. The Balaban J connectivity index is 3.79. The predicted molar refractivity (Wildman–Crippen MR) is 88.1 cm³/mol. The van der Waals surface area contributed by atoms with Gasteiger partial charge in [0.1, 0.15) is 5.25 Å². The highest BCUT2D eigenvalue weighted by atomic mass is 32.2. The molecule has 0 aromatic rings. The molecule has 0 aliphatic carbocycles. The van der Waals surface area contributed by atoms with Gasteiger partial charge in [-0.1, -0.05) is 71.6 Å². The van der Waals surface area contributed by atoms with E-state index in [9.17, 15) is 9.00 Å². The molecule has 0 spiro atoms. The molecule has 0 heterocycles. The summed E-state index contributed by atoms with van der Waals surface area (Å²) >= 11 is 0. The number of unbranched alkanes of at least 4 members (excludes halogenated alkanes) is 8. The highest BCUT2D eigenvalue weighted by molar-refractivity contribution is 7.86. The predicted octanol–water partition coefficient (Wildman–Crippen LogP) is 3.92. The normalized spacial score (nSPS) is 14.1.